The Bertz CT molecular complexity index is 247. The monoisotopic (exact) mass is 390 g/mol. The van der Waals surface area contributed by atoms with Gasteiger partial charge in [0, 0.05) is 0 Å². The van der Waals surface area contributed by atoms with E-state index in [1.54, 1.807) is 0.515 Å². The molecule has 0 aliphatic heterocycles. The Morgan fingerprint density at radius 3 is 1.00 bits per heavy atom. The van der Waals surface area contributed by atoms with Crippen LogP contribution in [0.2, 0.25) is 0.515 Å². The van der Waals surface area contributed by atoms with Crippen molar-refractivity contribution >= 4 is 56.8 Å². The van der Waals surface area contributed by atoms with Crippen LogP contribution in [0.1, 0.15) is 110 Å². The van der Waals surface area contributed by atoms with Crippen molar-refractivity contribution in [3.8, 4) is 0 Å². The Morgan fingerprint density at radius 1 is 0.583 bits per heavy atom. The Hall–Kier alpha value is 1.75. The Labute approximate surface area is 184 Å². The molecule has 3 N–H and O–H groups in total. The molecule has 4 nitrogen and oxygen atoms in total. The molecule has 0 aromatic rings. The molecule has 0 amide bonds. The molecule has 0 unspecified atom stereocenters. The molecule has 0 fully saturated rings. The second-order valence-electron chi connectivity index (χ2n) is 6.82. The fourth-order valence-corrected chi connectivity index (χ4v) is 3.58. The number of phosphoric acid groups is 1. The summed E-state index contributed by atoms with van der Waals surface area (Å²) in [5.74, 6) is 0. The summed E-state index contributed by atoms with van der Waals surface area (Å²) in [4.78, 5) is 21.6. The van der Waals surface area contributed by atoms with Gasteiger partial charge < -0.3 is 14.7 Å². The summed E-state index contributed by atoms with van der Waals surface area (Å²) in [6, 6.07) is 0. The van der Waals surface area contributed by atoms with Crippen molar-refractivity contribution in [1.82, 2.24) is 0 Å². The first-order chi connectivity index (χ1) is 11.4. The van der Waals surface area contributed by atoms with Gasteiger partial charge in [-0.15, -0.1) is 0 Å². The maximum atomic E-state index is 8.88. The van der Waals surface area contributed by atoms with Crippen LogP contribution in [-0.4, -0.2) is 63.6 Å². The van der Waals surface area contributed by atoms with E-state index >= 15 is 0 Å². The van der Waals surface area contributed by atoms with Crippen molar-refractivity contribution in [3.05, 3.63) is 0 Å². The van der Waals surface area contributed by atoms with Crippen LogP contribution in [0.5, 0.6) is 0 Å². The summed E-state index contributed by atoms with van der Waals surface area (Å²) in [6.07, 6.45) is 23.8. The van der Waals surface area contributed by atoms with Gasteiger partial charge in [-0.3, -0.25) is 0 Å². The van der Waals surface area contributed by atoms with Crippen molar-refractivity contribution < 1.29 is 19.2 Å². The predicted molar refractivity (Wildman–Crippen MR) is 104 cm³/mol. The summed E-state index contributed by atoms with van der Waals surface area (Å²) in [6.45, 7) is 2.30. The van der Waals surface area contributed by atoms with E-state index in [2.05, 4.69) is 6.92 Å². The van der Waals surface area contributed by atoms with Crippen molar-refractivity contribution in [2.45, 2.75) is 110 Å². The maximum Gasteiger partial charge on any atom is 0.466 e. The fourth-order valence-electron chi connectivity index (χ4n) is 2.80. The smallest absolute Gasteiger partial charge is 0.303 e. The van der Waals surface area contributed by atoms with E-state index < -0.39 is 7.82 Å². The van der Waals surface area contributed by atoms with Crippen LogP contribution in [0, 0.1) is 0 Å². The van der Waals surface area contributed by atoms with Crippen LogP contribution in [0.15, 0.2) is 0 Å². The summed E-state index contributed by atoms with van der Waals surface area (Å²) < 4.78 is 10.4. The molecule has 0 saturated carbocycles. The van der Waals surface area contributed by atoms with Gasteiger partial charge in [0.25, 0.3) is 0 Å². The molecule has 0 aliphatic carbocycles. The third kappa shape index (κ3) is 39.0. The van der Waals surface area contributed by atoms with Gasteiger partial charge in [-0.2, -0.15) is 0 Å². The molecule has 142 valence electrons. The van der Waals surface area contributed by atoms with Gasteiger partial charge in [-0.05, 0) is 0 Å². The van der Waals surface area contributed by atoms with E-state index in [-0.39, 0.29) is 0 Å². The molecule has 0 spiro atoms. The molecule has 24 heavy (non-hydrogen) atoms. The van der Waals surface area contributed by atoms with Crippen molar-refractivity contribution in [3.63, 3.8) is 0 Å². The Kier molecular flexibility index (Phi) is 26.5. The molecular formula is C18H40KO4P. The summed E-state index contributed by atoms with van der Waals surface area (Å²) in [5.41, 5.74) is 0. The van der Waals surface area contributed by atoms with Crippen LogP contribution in [0.4, 0.5) is 0 Å². The standard InChI is InChI=1S/C18H37.K.H3O4P/c1-3-5-7-9-11-13-15-17-18-16-14-12-10-8-6-4-2;;1-5(2,3)4/h1,3-18H2,2H3;;(H3,1,2,3,4). The fraction of sp³-hybridized carbons (Fsp3) is 1.00. The molecule has 0 bridgehead atoms. The molecule has 6 heteroatoms. The minimum absolute atomic E-state index is 1.10. The van der Waals surface area contributed by atoms with Gasteiger partial charge in [-0.1, -0.05) is 39.0 Å². The normalized spacial score (nSPS) is 11.2. The van der Waals surface area contributed by atoms with E-state index in [1.165, 1.54) is 103 Å². The van der Waals surface area contributed by atoms with Gasteiger partial charge in [-0.25, -0.2) is 4.57 Å². The van der Waals surface area contributed by atoms with Gasteiger partial charge in [0.2, 0.25) is 0 Å². The third-order valence-electron chi connectivity index (χ3n) is 4.21. The average Bonchev–Trinajstić information content (AvgIpc) is 2.49. The third-order valence-corrected chi connectivity index (χ3v) is 5.31. The number of unbranched alkanes of at least 4 members (excludes halogenated alkanes) is 15. The zero-order valence-electron chi connectivity index (χ0n) is 16.2. The van der Waals surface area contributed by atoms with Crippen LogP contribution in [0.25, 0.3) is 0 Å². The molecule has 0 rings (SSSR count). The van der Waals surface area contributed by atoms with Crippen molar-refractivity contribution in [1.29, 1.82) is 0 Å². The molecule has 0 heterocycles. The zero-order valence-corrected chi connectivity index (χ0v) is 20.2. The second kappa shape index (κ2) is 22.8. The van der Waals surface area contributed by atoms with Gasteiger partial charge in [0.15, 0.2) is 0 Å². The molecule has 0 atom stereocenters. The zero-order chi connectivity index (χ0) is 18.5. The van der Waals surface area contributed by atoms with Crippen molar-refractivity contribution in [2.75, 3.05) is 0 Å². The molecule has 0 saturated heterocycles. The van der Waals surface area contributed by atoms with E-state index in [0.717, 1.165) is 49.0 Å². The van der Waals surface area contributed by atoms with Crippen LogP contribution in [0.3, 0.4) is 0 Å². The summed E-state index contributed by atoms with van der Waals surface area (Å²) in [7, 11) is -4.64. The van der Waals surface area contributed by atoms with Crippen molar-refractivity contribution in [2.24, 2.45) is 0 Å². The molecule has 0 aromatic carbocycles. The van der Waals surface area contributed by atoms with E-state index in [4.69, 9.17) is 19.2 Å². The number of hydrogen-bond donors (Lipinski definition) is 3. The SMILES string of the molecule is CCCCCCCCCCCCCCCCC[CH2][K].O=P(O)(O)O. The molecular weight excluding hydrogens is 350 g/mol. The van der Waals surface area contributed by atoms with E-state index in [9.17, 15) is 0 Å². The van der Waals surface area contributed by atoms with Gasteiger partial charge >= 0.3 is 128 Å². The van der Waals surface area contributed by atoms with Crippen LogP contribution >= 0.6 is 7.82 Å². The first kappa shape index (κ1) is 28.0. The first-order valence-corrected chi connectivity index (χ1v) is 14.0. The molecule has 0 aromatic heterocycles. The minimum atomic E-state index is -4.64. The molecule has 0 aliphatic rings. The number of hydrogen-bond acceptors (Lipinski definition) is 1. The van der Waals surface area contributed by atoms with Crippen LogP contribution < -0.4 is 0 Å². The Morgan fingerprint density at radius 2 is 0.792 bits per heavy atom. The summed E-state index contributed by atoms with van der Waals surface area (Å²) >= 11 is 1.10. The predicted octanol–water partition coefficient (Wildman–Crippen LogP) is 5.91. The second-order valence-corrected chi connectivity index (χ2v) is 9.40. The first-order valence-electron chi connectivity index (χ1n) is 10.2. The average molecular weight is 391 g/mol. The van der Waals surface area contributed by atoms with E-state index in [0.29, 0.717) is 0 Å². The quantitative estimate of drug-likeness (QED) is 0.174. The van der Waals surface area contributed by atoms with Gasteiger partial charge in [0.05, 0.1) is 0 Å². The van der Waals surface area contributed by atoms with E-state index in [1.807, 2.05) is 0 Å². The maximum absolute atomic E-state index is 8.88. The molecule has 0 radical (unpaired) electrons. The van der Waals surface area contributed by atoms with Gasteiger partial charge in [0.1, 0.15) is 0 Å². The summed E-state index contributed by atoms with van der Waals surface area (Å²) in [5, 5.41) is 0. The Balaban J connectivity index is 0. The van der Waals surface area contributed by atoms with Crippen LogP contribution in [-0.2, 0) is 4.57 Å². The number of rotatable bonds is 16. The minimum Gasteiger partial charge on any atom is -0.303 e. The topological polar surface area (TPSA) is 77.8 Å². The largest absolute Gasteiger partial charge is 0.466 e.